The average molecular weight is 803 g/mol. The first-order chi connectivity index (χ1) is 31.2. The fourth-order valence-electron chi connectivity index (χ4n) is 9.94. The third kappa shape index (κ3) is 5.75. The van der Waals surface area contributed by atoms with Gasteiger partial charge in [0.25, 0.3) is 0 Å². The molecule has 1 aliphatic rings. The first-order valence-corrected chi connectivity index (χ1v) is 21.6. The topological polar surface area (TPSA) is 17.4 Å². The molecule has 0 aliphatic carbocycles. The van der Waals surface area contributed by atoms with Gasteiger partial charge in [-0.15, -0.1) is 0 Å². The molecular weight excluding hydrogens is 765 g/mol. The number of anilines is 3. The van der Waals surface area contributed by atoms with Gasteiger partial charge >= 0.3 is 0 Å². The molecule has 3 nitrogen and oxygen atoms in total. The van der Waals surface area contributed by atoms with Gasteiger partial charge in [0.15, 0.2) is 0 Å². The molecule has 294 valence electrons. The van der Waals surface area contributed by atoms with E-state index in [0.717, 1.165) is 50.9 Å². The van der Waals surface area contributed by atoms with E-state index in [1.165, 1.54) is 70.8 Å². The zero-order valence-electron chi connectivity index (χ0n) is 34.2. The van der Waals surface area contributed by atoms with E-state index in [1.807, 2.05) is 0 Å². The van der Waals surface area contributed by atoms with E-state index in [1.54, 1.807) is 0 Å². The zero-order chi connectivity index (χ0) is 41.4. The molecule has 0 saturated carbocycles. The van der Waals surface area contributed by atoms with Gasteiger partial charge in [-0.3, -0.25) is 0 Å². The second-order valence-corrected chi connectivity index (χ2v) is 16.5. The Kier molecular flexibility index (Phi) is 7.91. The van der Waals surface area contributed by atoms with Crippen molar-refractivity contribution in [2.75, 3.05) is 4.90 Å². The Morgan fingerprint density at radius 1 is 0.317 bits per heavy atom. The predicted molar refractivity (Wildman–Crippen MR) is 264 cm³/mol. The lowest BCUT2D eigenvalue weighted by atomic mass is 9.93. The molecule has 0 N–H and O–H groups in total. The van der Waals surface area contributed by atoms with Gasteiger partial charge in [-0.1, -0.05) is 146 Å². The molecule has 0 radical (unpaired) electrons. The highest BCUT2D eigenvalue weighted by molar-refractivity contribution is 6.11. The maximum Gasteiger partial charge on any atom is 0.135 e. The molecule has 0 fully saturated rings. The fraction of sp³-hybridized carbons (Fsp3) is 0. The van der Waals surface area contributed by atoms with Crippen LogP contribution < -0.4 is 9.64 Å². The van der Waals surface area contributed by atoms with Gasteiger partial charge in [-0.05, 0) is 140 Å². The Morgan fingerprint density at radius 3 is 1.73 bits per heavy atom. The highest BCUT2D eigenvalue weighted by atomic mass is 16.5. The molecule has 12 aromatic rings. The summed E-state index contributed by atoms with van der Waals surface area (Å²) in [6.45, 7) is 0. The number of para-hydroxylation sites is 2. The van der Waals surface area contributed by atoms with Crippen LogP contribution in [0.5, 0.6) is 11.5 Å². The molecule has 0 spiro atoms. The summed E-state index contributed by atoms with van der Waals surface area (Å²) in [5, 5.41) is 9.83. The molecule has 1 aromatic heterocycles. The van der Waals surface area contributed by atoms with Crippen molar-refractivity contribution in [2.24, 2.45) is 0 Å². The number of benzene rings is 11. The van der Waals surface area contributed by atoms with Crippen LogP contribution in [0.1, 0.15) is 0 Å². The molecule has 0 unspecified atom stereocenters. The Balaban J connectivity index is 0.888. The standard InChI is InChI=1S/C60H38N2O/c1-2-13-46(14-3-1)62-56-18-7-6-16-52(56)55-37-43(27-35-57(55)62)39-22-28-47(29-23-39)61(49-32-34-51-45(36-49)21-20-41-10-4-5-15-50(41)51)48-30-24-40(25-31-48)44-26-33-53-54-17-8-11-42-12-9-19-58(60(42)54)63-59(53)38-44/h1-38H. The second-order valence-electron chi connectivity index (χ2n) is 16.5. The summed E-state index contributed by atoms with van der Waals surface area (Å²) < 4.78 is 8.91. The number of nitrogens with zero attached hydrogens (tertiary/aromatic N) is 2. The van der Waals surface area contributed by atoms with Crippen LogP contribution in [-0.4, -0.2) is 4.57 Å². The van der Waals surface area contributed by atoms with Crippen molar-refractivity contribution in [3.05, 3.63) is 231 Å². The molecule has 11 aromatic carbocycles. The van der Waals surface area contributed by atoms with Gasteiger partial charge < -0.3 is 14.2 Å². The van der Waals surface area contributed by atoms with E-state index < -0.39 is 0 Å². The van der Waals surface area contributed by atoms with Crippen LogP contribution in [0.15, 0.2) is 231 Å². The summed E-state index contributed by atoms with van der Waals surface area (Å²) in [5.41, 5.74) is 13.8. The van der Waals surface area contributed by atoms with Crippen LogP contribution in [0, 0.1) is 0 Å². The van der Waals surface area contributed by atoms with Crippen molar-refractivity contribution in [2.45, 2.75) is 0 Å². The van der Waals surface area contributed by atoms with Crippen molar-refractivity contribution in [1.29, 1.82) is 0 Å². The smallest absolute Gasteiger partial charge is 0.135 e. The highest BCUT2D eigenvalue weighted by Gasteiger charge is 2.21. The van der Waals surface area contributed by atoms with Crippen molar-refractivity contribution in [3.8, 4) is 50.6 Å². The van der Waals surface area contributed by atoms with Gasteiger partial charge in [0.1, 0.15) is 11.5 Å². The van der Waals surface area contributed by atoms with E-state index in [9.17, 15) is 0 Å². The second kappa shape index (κ2) is 14.1. The maximum absolute atomic E-state index is 6.54. The van der Waals surface area contributed by atoms with Crippen molar-refractivity contribution < 1.29 is 4.74 Å². The zero-order valence-corrected chi connectivity index (χ0v) is 34.2. The van der Waals surface area contributed by atoms with Crippen molar-refractivity contribution in [3.63, 3.8) is 0 Å². The summed E-state index contributed by atoms with van der Waals surface area (Å²) in [4.78, 5) is 2.37. The summed E-state index contributed by atoms with van der Waals surface area (Å²) in [6, 6.07) is 83.5. The summed E-state index contributed by atoms with van der Waals surface area (Å²) in [7, 11) is 0. The summed E-state index contributed by atoms with van der Waals surface area (Å²) >= 11 is 0. The van der Waals surface area contributed by atoms with Gasteiger partial charge in [0.05, 0.1) is 11.0 Å². The lowest BCUT2D eigenvalue weighted by Gasteiger charge is -2.26. The molecular formula is C60H38N2O. The minimum atomic E-state index is 0.884. The average Bonchev–Trinajstić information content (AvgIpc) is 3.68. The maximum atomic E-state index is 6.54. The molecule has 0 bridgehead atoms. The van der Waals surface area contributed by atoms with Crippen LogP contribution in [0.4, 0.5) is 17.1 Å². The van der Waals surface area contributed by atoms with Gasteiger partial charge in [0.2, 0.25) is 0 Å². The molecule has 0 atom stereocenters. The van der Waals surface area contributed by atoms with Crippen LogP contribution in [0.25, 0.3) is 93.2 Å². The first kappa shape index (κ1) is 35.4. The van der Waals surface area contributed by atoms with E-state index in [4.69, 9.17) is 4.74 Å². The van der Waals surface area contributed by atoms with E-state index >= 15 is 0 Å². The Bertz CT molecular complexity index is 3750. The lowest BCUT2D eigenvalue weighted by molar-refractivity contribution is 0.487. The third-order valence-corrected chi connectivity index (χ3v) is 12.9. The number of ether oxygens (including phenoxy) is 1. The molecule has 1 aliphatic heterocycles. The van der Waals surface area contributed by atoms with E-state index in [0.29, 0.717) is 0 Å². The monoisotopic (exact) mass is 802 g/mol. The minimum absolute atomic E-state index is 0.884. The van der Waals surface area contributed by atoms with Crippen molar-refractivity contribution >= 4 is 71.2 Å². The predicted octanol–water partition coefficient (Wildman–Crippen LogP) is 16.8. The highest BCUT2D eigenvalue weighted by Crippen LogP contribution is 2.48. The van der Waals surface area contributed by atoms with Gasteiger partial charge in [-0.25, -0.2) is 0 Å². The van der Waals surface area contributed by atoms with Crippen LogP contribution in [-0.2, 0) is 0 Å². The third-order valence-electron chi connectivity index (χ3n) is 12.9. The molecule has 3 heteroatoms. The summed E-state index contributed by atoms with van der Waals surface area (Å²) in [5.74, 6) is 1.79. The van der Waals surface area contributed by atoms with Crippen LogP contribution in [0.2, 0.25) is 0 Å². The number of hydrogen-bond donors (Lipinski definition) is 0. The fourth-order valence-corrected chi connectivity index (χ4v) is 9.94. The minimum Gasteiger partial charge on any atom is -0.456 e. The quantitative estimate of drug-likeness (QED) is 0.156. The van der Waals surface area contributed by atoms with E-state index in [2.05, 4.69) is 240 Å². The lowest BCUT2D eigenvalue weighted by Crippen LogP contribution is -2.09. The normalized spacial score (nSPS) is 11.9. The van der Waals surface area contributed by atoms with Crippen molar-refractivity contribution in [1.82, 2.24) is 4.57 Å². The number of fused-ring (bicyclic) bond motifs is 8. The van der Waals surface area contributed by atoms with Crippen LogP contribution >= 0.6 is 0 Å². The Labute approximate surface area is 364 Å². The Morgan fingerprint density at radius 2 is 0.921 bits per heavy atom. The summed E-state index contributed by atoms with van der Waals surface area (Å²) in [6.07, 6.45) is 0. The SMILES string of the molecule is c1ccc(-n2c3ccccc3c3cc(-c4ccc(N(c5ccc(-c6ccc7c(c6)Oc6cccc8cccc-7c68)cc5)c5ccc6c(ccc7ccccc76)c5)cc4)ccc32)cc1. The molecule has 13 rings (SSSR count). The first-order valence-electron chi connectivity index (χ1n) is 21.6. The van der Waals surface area contributed by atoms with Gasteiger partial charge in [0, 0.05) is 44.5 Å². The number of aromatic nitrogens is 1. The van der Waals surface area contributed by atoms with E-state index in [-0.39, 0.29) is 0 Å². The molecule has 0 amide bonds. The number of rotatable bonds is 6. The van der Waals surface area contributed by atoms with Gasteiger partial charge in [-0.2, -0.15) is 0 Å². The number of hydrogen-bond acceptors (Lipinski definition) is 2. The van der Waals surface area contributed by atoms with Crippen LogP contribution in [0.3, 0.4) is 0 Å². The molecule has 63 heavy (non-hydrogen) atoms. The Hall–Kier alpha value is -8.40. The molecule has 2 heterocycles. The molecule has 0 saturated heterocycles. The largest absolute Gasteiger partial charge is 0.456 e.